The number of halogens is 1. The molecule has 256 valence electrons. The van der Waals surface area contributed by atoms with Crippen molar-refractivity contribution in [2.45, 2.75) is 109 Å². The zero-order chi connectivity index (χ0) is 34.2. The summed E-state index contributed by atoms with van der Waals surface area (Å²) in [5.41, 5.74) is 5.02. The first-order valence-electron chi connectivity index (χ1n) is 17.1. The molecular formula is C38H48ClN3O5Si. The summed E-state index contributed by atoms with van der Waals surface area (Å²) in [6, 6.07) is 22.1. The number of carbonyl (C=O) groups is 2. The summed E-state index contributed by atoms with van der Waals surface area (Å²) in [5, 5.41) is 6.68. The Morgan fingerprint density at radius 2 is 1.69 bits per heavy atom. The van der Waals surface area contributed by atoms with E-state index in [2.05, 4.69) is 56.3 Å². The standard InChI is InChI=1S/C38H48ClN3O5Si/c1-7-42-32-21-28(22-33(42)36-35(32)47-36)46-37(44)41-31-19-24(13-17-29(31)25-11-9-8-10-12-25)14-18-34(43)40-27-16-15-26(30(39)20-27)23-45-48(5,6)38(2,3)4/h8-13,15-17,19-20,28,32-33,35-36H,7,14,18,21-23H2,1-6H3,(H,40,43)(H,41,44)/t28-,32-,33+,35-,36+. The second-order valence-electron chi connectivity index (χ2n) is 14.8. The van der Waals surface area contributed by atoms with Crippen molar-refractivity contribution in [2.24, 2.45) is 0 Å². The van der Waals surface area contributed by atoms with Gasteiger partial charge in [-0.25, -0.2) is 4.79 Å². The van der Waals surface area contributed by atoms with Crippen molar-refractivity contribution in [2.75, 3.05) is 17.2 Å². The number of anilines is 2. The van der Waals surface area contributed by atoms with E-state index in [4.69, 9.17) is 25.5 Å². The monoisotopic (exact) mass is 689 g/mol. The molecule has 10 heteroatoms. The molecule has 6 rings (SSSR count). The van der Waals surface area contributed by atoms with Crippen molar-refractivity contribution < 1.29 is 23.5 Å². The molecule has 0 saturated carbocycles. The van der Waals surface area contributed by atoms with E-state index in [0.29, 0.717) is 41.5 Å². The molecule has 3 aliphatic rings. The highest BCUT2D eigenvalue weighted by molar-refractivity contribution is 6.74. The van der Waals surface area contributed by atoms with Crippen molar-refractivity contribution in [1.82, 2.24) is 4.90 Å². The summed E-state index contributed by atoms with van der Waals surface area (Å²) in [4.78, 5) is 28.7. The molecule has 48 heavy (non-hydrogen) atoms. The predicted molar refractivity (Wildman–Crippen MR) is 194 cm³/mol. The van der Waals surface area contributed by atoms with Crippen molar-refractivity contribution in [3.8, 4) is 11.1 Å². The van der Waals surface area contributed by atoms with Crippen molar-refractivity contribution in [3.05, 3.63) is 82.9 Å². The fourth-order valence-electron chi connectivity index (χ4n) is 6.83. The number of fused-ring (bicyclic) bond motifs is 5. The highest BCUT2D eigenvalue weighted by Gasteiger charge is 2.63. The second-order valence-corrected chi connectivity index (χ2v) is 20.0. The Balaban J connectivity index is 1.07. The van der Waals surface area contributed by atoms with Gasteiger partial charge in [0.25, 0.3) is 0 Å². The molecule has 2 amide bonds. The molecule has 5 atom stereocenters. The van der Waals surface area contributed by atoms with Crippen molar-refractivity contribution in [1.29, 1.82) is 0 Å². The summed E-state index contributed by atoms with van der Waals surface area (Å²) >= 11 is 6.59. The van der Waals surface area contributed by atoms with Crippen LogP contribution in [0.4, 0.5) is 16.2 Å². The Labute approximate surface area is 290 Å². The minimum Gasteiger partial charge on any atom is -0.446 e. The highest BCUT2D eigenvalue weighted by atomic mass is 35.5. The Morgan fingerprint density at radius 1 is 0.979 bits per heavy atom. The molecular weight excluding hydrogens is 642 g/mol. The van der Waals surface area contributed by atoms with Gasteiger partial charge in [0.1, 0.15) is 18.3 Å². The minimum absolute atomic E-state index is 0.109. The third-order valence-electron chi connectivity index (χ3n) is 10.6. The number of nitrogens with zero attached hydrogens (tertiary/aromatic N) is 1. The number of amides is 2. The number of epoxide rings is 1. The number of aryl methyl sites for hydroxylation is 1. The van der Waals surface area contributed by atoms with Crippen molar-refractivity contribution in [3.63, 3.8) is 0 Å². The number of morpholine rings is 1. The summed E-state index contributed by atoms with van der Waals surface area (Å²) in [5.74, 6) is -0.118. The Hall–Kier alpha value is -3.21. The number of ether oxygens (including phenoxy) is 2. The molecule has 3 fully saturated rings. The first-order valence-corrected chi connectivity index (χ1v) is 20.4. The lowest BCUT2D eigenvalue weighted by molar-refractivity contribution is -0.116. The summed E-state index contributed by atoms with van der Waals surface area (Å²) < 4.78 is 18.2. The van der Waals surface area contributed by atoms with Gasteiger partial charge in [-0.15, -0.1) is 0 Å². The van der Waals surface area contributed by atoms with E-state index in [1.54, 1.807) is 6.07 Å². The van der Waals surface area contributed by atoms with E-state index in [9.17, 15) is 9.59 Å². The van der Waals surface area contributed by atoms with Gasteiger partial charge in [0, 0.05) is 47.6 Å². The van der Waals surface area contributed by atoms with Gasteiger partial charge in [0.05, 0.1) is 12.3 Å². The van der Waals surface area contributed by atoms with E-state index in [0.717, 1.165) is 41.6 Å². The second kappa shape index (κ2) is 14.0. The van der Waals surface area contributed by atoms with Crippen molar-refractivity contribution >= 4 is 43.3 Å². The van der Waals surface area contributed by atoms with Gasteiger partial charge in [0.2, 0.25) is 5.91 Å². The van der Waals surface area contributed by atoms with Crippen LogP contribution in [-0.2, 0) is 31.7 Å². The number of likely N-dealkylation sites (N-methyl/N-ethyl adjacent to an activating group) is 1. The van der Waals surface area contributed by atoms with Gasteiger partial charge in [-0.2, -0.15) is 0 Å². The zero-order valence-corrected chi connectivity index (χ0v) is 30.6. The number of rotatable bonds is 11. The van der Waals surface area contributed by atoms with E-state index >= 15 is 0 Å². The van der Waals surface area contributed by atoms with Gasteiger partial charge in [-0.05, 0) is 66.0 Å². The maximum atomic E-state index is 13.2. The molecule has 0 radical (unpaired) electrons. The van der Waals surface area contributed by atoms with Crippen LogP contribution >= 0.6 is 11.6 Å². The predicted octanol–water partition coefficient (Wildman–Crippen LogP) is 8.65. The molecule has 8 nitrogen and oxygen atoms in total. The number of piperidine rings is 1. The van der Waals surface area contributed by atoms with Crippen LogP contribution in [-0.4, -0.2) is 62.2 Å². The SMILES string of the molecule is CCN1[C@@H]2C[C@@H](OC(=O)Nc3cc(CCC(=O)Nc4ccc(CO[Si](C)(C)C(C)(C)C)c(Cl)c4)ccc3-c3ccccc3)C[C@H]1[C@@H]1O[C@@H]12. The molecule has 3 aliphatic heterocycles. The lowest BCUT2D eigenvalue weighted by atomic mass is 9.98. The normalized spacial score (nSPS) is 23.4. The number of carbonyl (C=O) groups excluding carboxylic acids is 2. The van der Waals surface area contributed by atoms with Crippen LogP contribution in [0.1, 0.15) is 58.1 Å². The maximum absolute atomic E-state index is 13.2. The smallest absolute Gasteiger partial charge is 0.411 e. The van der Waals surface area contributed by atoms with Crippen LogP contribution in [0.2, 0.25) is 23.2 Å². The van der Waals surface area contributed by atoms with E-state index in [1.807, 2.05) is 60.7 Å². The van der Waals surface area contributed by atoms with Crippen LogP contribution < -0.4 is 10.6 Å². The number of nitrogens with one attached hydrogen (secondary N) is 2. The number of hydrogen-bond acceptors (Lipinski definition) is 6. The van der Waals surface area contributed by atoms with Gasteiger partial charge < -0.3 is 19.2 Å². The summed E-state index contributed by atoms with van der Waals surface area (Å²) in [6.45, 7) is 14.7. The molecule has 0 unspecified atom stereocenters. The lowest BCUT2D eigenvalue weighted by Crippen LogP contribution is -2.50. The van der Waals surface area contributed by atoms with E-state index in [1.165, 1.54) is 0 Å². The third-order valence-corrected chi connectivity index (χ3v) is 15.4. The largest absolute Gasteiger partial charge is 0.446 e. The van der Waals surface area contributed by atoms with Gasteiger partial charge in [-0.3, -0.25) is 15.0 Å². The Bertz CT molecular complexity index is 1630. The molecule has 3 aromatic rings. The van der Waals surface area contributed by atoms with Crippen LogP contribution in [0.15, 0.2) is 66.7 Å². The molecule has 0 aliphatic carbocycles. The Kier molecular flexibility index (Phi) is 10.1. The van der Waals surface area contributed by atoms with Crippen LogP contribution in [0.25, 0.3) is 11.1 Å². The first kappa shape index (κ1) is 34.6. The zero-order valence-electron chi connectivity index (χ0n) is 28.8. The number of benzene rings is 3. The van der Waals surface area contributed by atoms with E-state index < -0.39 is 14.4 Å². The van der Waals surface area contributed by atoms with Crippen LogP contribution in [0.3, 0.4) is 0 Å². The van der Waals surface area contributed by atoms with Crippen LogP contribution in [0, 0.1) is 0 Å². The van der Waals surface area contributed by atoms with E-state index in [-0.39, 0.29) is 35.7 Å². The molecule has 3 heterocycles. The Morgan fingerprint density at radius 3 is 2.33 bits per heavy atom. The minimum atomic E-state index is -1.91. The average Bonchev–Trinajstić information content (AvgIpc) is 3.80. The summed E-state index contributed by atoms with van der Waals surface area (Å²) in [7, 11) is -1.91. The average molecular weight is 690 g/mol. The summed E-state index contributed by atoms with van der Waals surface area (Å²) in [6.07, 6.45) is 2.32. The topological polar surface area (TPSA) is 92.4 Å². The molecule has 2 bridgehead atoms. The van der Waals surface area contributed by atoms with Gasteiger partial charge >= 0.3 is 6.09 Å². The highest BCUT2D eigenvalue weighted by Crippen LogP contribution is 2.48. The molecule has 2 N–H and O–H groups in total. The quantitative estimate of drug-likeness (QED) is 0.155. The van der Waals surface area contributed by atoms with Crippen LogP contribution in [0.5, 0.6) is 0 Å². The fourth-order valence-corrected chi connectivity index (χ4v) is 8.01. The molecule has 0 aromatic heterocycles. The molecule has 3 saturated heterocycles. The first-order chi connectivity index (χ1) is 22.8. The van der Waals surface area contributed by atoms with Gasteiger partial charge in [-0.1, -0.05) is 87.8 Å². The fraction of sp³-hybridized carbons (Fsp3) is 0.474. The maximum Gasteiger partial charge on any atom is 0.411 e. The third kappa shape index (κ3) is 7.66. The lowest BCUT2D eigenvalue weighted by Gasteiger charge is -2.39. The van der Waals surface area contributed by atoms with Gasteiger partial charge in [0.15, 0.2) is 8.32 Å². The number of hydrogen-bond donors (Lipinski definition) is 2. The molecule has 0 spiro atoms. The molecule has 3 aromatic carbocycles.